The number of esters is 2. The average Bonchev–Trinajstić information content (AvgIpc) is 3.30. The molecule has 0 aliphatic heterocycles. The first-order chi connectivity index (χ1) is 31.6. The Morgan fingerprint density at radius 2 is 0.703 bits per heavy atom. The molecule has 1 unspecified atom stereocenters. The molecular formula is C59H100O5. The molecule has 64 heavy (non-hydrogen) atoms. The molecule has 0 bridgehead atoms. The van der Waals surface area contributed by atoms with Crippen molar-refractivity contribution in [3.05, 3.63) is 97.2 Å². The number of carbonyl (C=O) groups is 2. The van der Waals surface area contributed by atoms with Crippen molar-refractivity contribution in [2.24, 2.45) is 0 Å². The van der Waals surface area contributed by atoms with Gasteiger partial charge in [0.15, 0.2) is 6.10 Å². The zero-order valence-corrected chi connectivity index (χ0v) is 42.0. The highest BCUT2D eigenvalue weighted by atomic mass is 16.6. The zero-order chi connectivity index (χ0) is 46.3. The van der Waals surface area contributed by atoms with Crippen LogP contribution in [0.3, 0.4) is 0 Å². The van der Waals surface area contributed by atoms with Crippen molar-refractivity contribution >= 4 is 11.9 Å². The maximum absolute atomic E-state index is 12.8. The van der Waals surface area contributed by atoms with Gasteiger partial charge in [0.25, 0.3) is 0 Å². The van der Waals surface area contributed by atoms with Crippen molar-refractivity contribution in [1.82, 2.24) is 0 Å². The van der Waals surface area contributed by atoms with Gasteiger partial charge in [-0.15, -0.1) is 0 Å². The van der Waals surface area contributed by atoms with Crippen LogP contribution in [0.25, 0.3) is 0 Å². The minimum absolute atomic E-state index is 0.0638. The molecule has 0 spiro atoms. The molecule has 0 fully saturated rings. The number of allylic oxidation sites excluding steroid dienone is 16. The summed E-state index contributed by atoms with van der Waals surface area (Å²) in [6, 6.07) is 0. The fourth-order valence-electron chi connectivity index (χ4n) is 7.16. The van der Waals surface area contributed by atoms with Gasteiger partial charge in [0.05, 0.1) is 6.61 Å². The number of unbranched alkanes of at least 4 members (excludes halogenated alkanes) is 21. The molecule has 0 heterocycles. The summed E-state index contributed by atoms with van der Waals surface area (Å²) in [6.45, 7) is 7.55. The van der Waals surface area contributed by atoms with Gasteiger partial charge in [-0.05, 0) is 116 Å². The van der Waals surface area contributed by atoms with E-state index >= 15 is 0 Å². The summed E-state index contributed by atoms with van der Waals surface area (Å²) in [4.78, 5) is 25.4. The van der Waals surface area contributed by atoms with E-state index in [9.17, 15) is 9.59 Å². The summed E-state index contributed by atoms with van der Waals surface area (Å²) in [7, 11) is 0. The summed E-state index contributed by atoms with van der Waals surface area (Å²) in [5, 5.41) is 0. The van der Waals surface area contributed by atoms with E-state index < -0.39 is 6.10 Å². The van der Waals surface area contributed by atoms with Crippen molar-refractivity contribution in [3.8, 4) is 0 Å². The molecule has 5 heteroatoms. The van der Waals surface area contributed by atoms with Gasteiger partial charge in [0.1, 0.15) is 6.61 Å². The monoisotopic (exact) mass is 889 g/mol. The van der Waals surface area contributed by atoms with Crippen LogP contribution in [-0.2, 0) is 23.8 Å². The lowest BCUT2D eigenvalue weighted by Gasteiger charge is -2.18. The SMILES string of the molecule is CC/C=C\C/C=C\C/C=C\C/C=C\CCCCCCCCC(=O)OCC(COCCCCCCCC/C=C\CCCCCC)OC(=O)CCCCCCC/C=C\C/C=C\C/C=C\CC. The summed E-state index contributed by atoms with van der Waals surface area (Å²) < 4.78 is 17.4. The molecule has 5 nitrogen and oxygen atoms in total. The van der Waals surface area contributed by atoms with Crippen LogP contribution in [0.2, 0.25) is 0 Å². The highest BCUT2D eigenvalue weighted by molar-refractivity contribution is 5.70. The molecule has 1 atom stereocenters. The third-order valence-corrected chi connectivity index (χ3v) is 11.1. The second-order valence-corrected chi connectivity index (χ2v) is 17.4. The molecule has 0 N–H and O–H groups in total. The van der Waals surface area contributed by atoms with Gasteiger partial charge in [-0.25, -0.2) is 0 Å². The molecule has 0 saturated heterocycles. The van der Waals surface area contributed by atoms with E-state index in [1.165, 1.54) is 96.3 Å². The topological polar surface area (TPSA) is 61.8 Å². The highest BCUT2D eigenvalue weighted by Crippen LogP contribution is 2.13. The van der Waals surface area contributed by atoms with E-state index in [4.69, 9.17) is 14.2 Å². The smallest absolute Gasteiger partial charge is 0.306 e. The Morgan fingerprint density at radius 3 is 1.14 bits per heavy atom. The maximum atomic E-state index is 12.8. The molecule has 0 radical (unpaired) electrons. The minimum atomic E-state index is -0.559. The molecule has 0 aliphatic rings. The van der Waals surface area contributed by atoms with Gasteiger partial charge in [0.2, 0.25) is 0 Å². The molecule has 0 aliphatic carbocycles. The summed E-state index contributed by atoms with van der Waals surface area (Å²) in [5.74, 6) is -0.437. The fraction of sp³-hybridized carbons (Fsp3) is 0.695. The molecule has 0 aromatic rings. The minimum Gasteiger partial charge on any atom is -0.462 e. The van der Waals surface area contributed by atoms with Gasteiger partial charge in [-0.3, -0.25) is 9.59 Å². The van der Waals surface area contributed by atoms with Crippen LogP contribution in [0.5, 0.6) is 0 Å². The third-order valence-electron chi connectivity index (χ3n) is 11.1. The number of hydrogen-bond acceptors (Lipinski definition) is 5. The number of hydrogen-bond donors (Lipinski definition) is 0. The Bertz CT molecular complexity index is 1230. The second-order valence-electron chi connectivity index (χ2n) is 17.4. The Labute approximate surface area is 396 Å². The number of rotatable bonds is 48. The van der Waals surface area contributed by atoms with Gasteiger partial charge in [-0.1, -0.05) is 208 Å². The Balaban J connectivity index is 4.33. The van der Waals surface area contributed by atoms with Crippen molar-refractivity contribution in [2.75, 3.05) is 19.8 Å². The Hall–Kier alpha value is -3.18. The van der Waals surface area contributed by atoms with Crippen LogP contribution in [0, 0.1) is 0 Å². The van der Waals surface area contributed by atoms with E-state index in [1.54, 1.807) is 0 Å². The average molecular weight is 889 g/mol. The van der Waals surface area contributed by atoms with Crippen molar-refractivity contribution in [3.63, 3.8) is 0 Å². The van der Waals surface area contributed by atoms with E-state index in [1.807, 2.05) is 0 Å². The molecule has 0 aromatic heterocycles. The highest BCUT2D eigenvalue weighted by Gasteiger charge is 2.17. The van der Waals surface area contributed by atoms with Crippen LogP contribution in [0.15, 0.2) is 97.2 Å². The lowest BCUT2D eigenvalue weighted by Crippen LogP contribution is -2.30. The maximum Gasteiger partial charge on any atom is 0.306 e. The van der Waals surface area contributed by atoms with E-state index in [0.29, 0.717) is 19.4 Å². The molecule has 366 valence electrons. The van der Waals surface area contributed by atoms with E-state index in [0.717, 1.165) is 109 Å². The molecule has 0 amide bonds. The number of ether oxygens (including phenoxy) is 3. The standard InChI is InChI=1S/C59H100O5/c1-4-7-10-13-16-19-22-25-28-29-30-31-33-34-37-40-43-46-49-52-58(60)63-56-57(55-62-54-51-48-45-42-39-36-27-24-21-18-15-12-9-6-3)64-59(61)53-50-47-44-41-38-35-32-26-23-20-17-14-11-8-5-2/h7-8,10-11,16-17,19-21,24-26,28,30-32,57H,4-6,9,12-15,18,22-23,27,29,33-56H2,1-3H3/b10-7-,11-8-,19-16-,20-17-,24-21-,28-25-,31-30-,32-26-. The lowest BCUT2D eigenvalue weighted by atomic mass is 10.1. The van der Waals surface area contributed by atoms with Crippen molar-refractivity contribution in [2.45, 2.75) is 245 Å². The Morgan fingerprint density at radius 1 is 0.359 bits per heavy atom. The summed E-state index contributed by atoms with van der Waals surface area (Å²) in [5.41, 5.74) is 0. The molecule has 0 saturated carbocycles. The first-order valence-corrected chi connectivity index (χ1v) is 26.8. The van der Waals surface area contributed by atoms with Gasteiger partial charge < -0.3 is 14.2 Å². The molecule has 0 rings (SSSR count). The van der Waals surface area contributed by atoms with Crippen LogP contribution in [-0.4, -0.2) is 37.9 Å². The first-order valence-electron chi connectivity index (χ1n) is 26.8. The summed E-state index contributed by atoms with van der Waals surface area (Å²) in [6.07, 6.45) is 72.7. The predicted molar refractivity (Wildman–Crippen MR) is 279 cm³/mol. The normalized spacial score (nSPS) is 13.0. The van der Waals surface area contributed by atoms with E-state index in [-0.39, 0.29) is 25.2 Å². The first kappa shape index (κ1) is 60.8. The molecule has 0 aromatic carbocycles. The molecular weight excluding hydrogens is 789 g/mol. The van der Waals surface area contributed by atoms with Gasteiger partial charge in [-0.2, -0.15) is 0 Å². The zero-order valence-electron chi connectivity index (χ0n) is 42.0. The second kappa shape index (κ2) is 54.2. The van der Waals surface area contributed by atoms with Crippen LogP contribution in [0.4, 0.5) is 0 Å². The Kier molecular flexibility index (Phi) is 51.5. The van der Waals surface area contributed by atoms with Crippen molar-refractivity contribution in [1.29, 1.82) is 0 Å². The van der Waals surface area contributed by atoms with Gasteiger partial charge in [0, 0.05) is 19.4 Å². The predicted octanol–water partition coefficient (Wildman–Crippen LogP) is 18.2. The van der Waals surface area contributed by atoms with Crippen molar-refractivity contribution < 1.29 is 23.8 Å². The van der Waals surface area contributed by atoms with Crippen LogP contribution in [0.1, 0.15) is 239 Å². The van der Waals surface area contributed by atoms with Gasteiger partial charge >= 0.3 is 11.9 Å². The van der Waals surface area contributed by atoms with Crippen LogP contribution >= 0.6 is 0 Å². The van der Waals surface area contributed by atoms with Crippen LogP contribution < -0.4 is 0 Å². The quantitative estimate of drug-likeness (QED) is 0.0346. The third kappa shape index (κ3) is 51.5. The fourth-order valence-corrected chi connectivity index (χ4v) is 7.16. The summed E-state index contributed by atoms with van der Waals surface area (Å²) >= 11 is 0. The van der Waals surface area contributed by atoms with E-state index in [2.05, 4.69) is 118 Å². The number of carbonyl (C=O) groups excluding carboxylic acids is 2. The largest absolute Gasteiger partial charge is 0.462 e. The lowest BCUT2D eigenvalue weighted by molar-refractivity contribution is -0.163.